The van der Waals surface area contributed by atoms with Gasteiger partial charge in [-0.1, -0.05) is 23.0 Å². The maximum Gasteiger partial charge on any atom is 0.353 e. The van der Waals surface area contributed by atoms with Crippen LogP contribution in [-0.2, 0) is 14.4 Å². The Hall–Kier alpha value is -3.02. The number of thiazole rings is 1. The summed E-state index contributed by atoms with van der Waals surface area (Å²) in [4.78, 5) is 42.5. The van der Waals surface area contributed by atoms with Gasteiger partial charge in [0.2, 0.25) is 0 Å². The van der Waals surface area contributed by atoms with Gasteiger partial charge in [-0.3, -0.25) is 14.5 Å². The summed E-state index contributed by atoms with van der Waals surface area (Å²) in [5, 5.41) is 35.5. The Balaban J connectivity index is 1.72. The van der Waals surface area contributed by atoms with Crippen molar-refractivity contribution < 1.29 is 24.7 Å². The van der Waals surface area contributed by atoms with Gasteiger partial charge in [-0.2, -0.15) is 5.26 Å². The molecule has 0 aromatic carbocycles. The van der Waals surface area contributed by atoms with E-state index in [2.05, 4.69) is 15.5 Å². The second kappa shape index (κ2) is 9.86. The number of oxime groups is 1. The molecule has 1 aromatic heterocycles. The third-order valence-corrected chi connectivity index (χ3v) is 7.32. The molecule has 11 nitrogen and oxygen atoms in total. The third kappa shape index (κ3) is 4.68. The summed E-state index contributed by atoms with van der Waals surface area (Å²) >= 11 is 3.55. The highest BCUT2D eigenvalue weighted by Crippen LogP contribution is 2.43. The Morgan fingerprint density at radius 3 is 2.94 bits per heavy atom. The van der Waals surface area contributed by atoms with Gasteiger partial charge < -0.3 is 21.4 Å². The number of nitrogens with one attached hydrogen (secondary N) is 1. The maximum absolute atomic E-state index is 12.7. The van der Waals surface area contributed by atoms with Crippen molar-refractivity contribution >= 4 is 63.5 Å². The summed E-state index contributed by atoms with van der Waals surface area (Å²) in [6, 6.07) is 1.04. The minimum Gasteiger partial charge on any atom is -0.477 e. The first-order valence-corrected chi connectivity index (χ1v) is 11.5. The highest BCUT2D eigenvalue weighted by Gasteiger charge is 2.54. The average Bonchev–Trinajstić information content (AvgIpc) is 3.17. The summed E-state index contributed by atoms with van der Waals surface area (Å²) in [5.41, 5.74) is 5.07. The van der Waals surface area contributed by atoms with E-state index in [1.165, 1.54) is 28.9 Å². The Morgan fingerprint density at radius 2 is 2.32 bits per heavy atom. The van der Waals surface area contributed by atoms with Crippen LogP contribution in [0, 0.1) is 11.3 Å². The van der Waals surface area contributed by atoms with Crippen LogP contribution in [0.3, 0.4) is 0 Å². The lowest BCUT2D eigenvalue weighted by atomic mass is 10.0. The number of thioether (sulfide) groups is 2. The normalized spacial score (nSPS) is 20.9. The highest BCUT2D eigenvalue weighted by molar-refractivity contribution is 8.08. The molecule has 0 bridgehead atoms. The van der Waals surface area contributed by atoms with Gasteiger partial charge in [0.25, 0.3) is 11.8 Å². The molecule has 0 radical (unpaired) electrons. The lowest BCUT2D eigenvalue weighted by molar-refractivity contribution is -0.150. The van der Waals surface area contributed by atoms with Gasteiger partial charge >= 0.3 is 5.97 Å². The molecule has 1 aromatic rings. The molecule has 1 unspecified atom stereocenters. The molecule has 162 valence electrons. The van der Waals surface area contributed by atoms with Crippen molar-refractivity contribution in [3.05, 3.63) is 33.2 Å². The van der Waals surface area contributed by atoms with Crippen LogP contribution in [0.25, 0.3) is 0 Å². The number of hydrogen-bond donors (Lipinski definition) is 4. The standard InChI is InChI=1S/C17H16N6O5S3/c18-4-2-1-3-5-29-9-7-30-15-11(14(25)23(15)12(9)16(26)27)21-13(24)10(22-28)8-6-31-17(19)20-8/h3,5-6,11,15,28H,1-2,7H2,(H2,19,20)(H,21,24)(H,26,27)/b5-3+,22-10-/t11?,15-/m1/s1. The number of nitriles is 1. The molecule has 31 heavy (non-hydrogen) atoms. The first kappa shape index (κ1) is 22.7. The number of carbonyl (C=O) groups is 3. The summed E-state index contributed by atoms with van der Waals surface area (Å²) in [5.74, 6) is -2.32. The van der Waals surface area contributed by atoms with Crippen LogP contribution in [0.4, 0.5) is 5.13 Å². The molecule has 0 spiro atoms. The number of nitrogens with zero attached hydrogens (tertiary/aromatic N) is 4. The number of amides is 2. The van der Waals surface area contributed by atoms with Crippen LogP contribution in [0.2, 0.25) is 0 Å². The lowest BCUT2D eigenvalue weighted by Crippen LogP contribution is -2.71. The second-order valence-electron chi connectivity index (χ2n) is 6.14. The maximum atomic E-state index is 12.7. The minimum absolute atomic E-state index is 0.0652. The molecule has 0 aliphatic carbocycles. The van der Waals surface area contributed by atoms with Gasteiger partial charge in [-0.15, -0.1) is 23.1 Å². The third-order valence-electron chi connectivity index (χ3n) is 4.23. The Bertz CT molecular complexity index is 1040. The van der Waals surface area contributed by atoms with E-state index in [9.17, 15) is 24.7 Å². The molecule has 5 N–H and O–H groups in total. The van der Waals surface area contributed by atoms with Gasteiger partial charge in [0, 0.05) is 22.5 Å². The van der Waals surface area contributed by atoms with Gasteiger partial charge in [-0.05, 0) is 11.8 Å². The van der Waals surface area contributed by atoms with E-state index < -0.39 is 34.9 Å². The molecule has 1 fully saturated rings. The van der Waals surface area contributed by atoms with Crippen molar-refractivity contribution in [1.82, 2.24) is 15.2 Å². The molecule has 1 saturated heterocycles. The first-order valence-electron chi connectivity index (χ1n) is 8.73. The second-order valence-corrected chi connectivity index (χ2v) is 9.14. The van der Waals surface area contributed by atoms with E-state index in [-0.39, 0.29) is 16.5 Å². The number of β-lactam (4-membered cyclic amide) rings is 1. The molecule has 3 heterocycles. The van der Waals surface area contributed by atoms with Crippen LogP contribution < -0.4 is 11.1 Å². The van der Waals surface area contributed by atoms with Gasteiger partial charge in [0.1, 0.15) is 22.8 Å². The van der Waals surface area contributed by atoms with Crippen LogP contribution in [0.1, 0.15) is 18.5 Å². The Morgan fingerprint density at radius 1 is 1.55 bits per heavy atom. The number of hydrogen-bond acceptors (Lipinski definition) is 11. The van der Waals surface area contributed by atoms with E-state index in [1.54, 1.807) is 11.5 Å². The topological polar surface area (TPSA) is 182 Å². The monoisotopic (exact) mass is 480 g/mol. The zero-order chi connectivity index (χ0) is 22.5. The number of nitrogens with two attached hydrogens (primary N) is 1. The number of carboxylic acid groups (broad SMARTS) is 1. The lowest BCUT2D eigenvalue weighted by Gasteiger charge is -2.49. The van der Waals surface area contributed by atoms with Crippen molar-refractivity contribution in [1.29, 1.82) is 5.26 Å². The Kier molecular flexibility index (Phi) is 7.21. The minimum atomic E-state index is -1.24. The fraction of sp³-hybridized carbons (Fsp3) is 0.294. The van der Waals surface area contributed by atoms with E-state index in [0.717, 1.165) is 16.2 Å². The predicted molar refractivity (Wildman–Crippen MR) is 116 cm³/mol. The number of anilines is 1. The number of nitrogen functional groups attached to an aromatic ring is 1. The number of fused-ring (bicyclic) bond motifs is 1. The fourth-order valence-corrected chi connectivity index (χ4v) is 5.76. The molecule has 2 aliphatic rings. The number of aliphatic carboxylic acids is 1. The number of allylic oxidation sites excluding steroid dienone is 1. The molecular formula is C17H16N6O5S3. The quantitative estimate of drug-likeness (QED) is 0.138. The summed E-state index contributed by atoms with van der Waals surface area (Å²) in [6.45, 7) is 0. The van der Waals surface area contributed by atoms with E-state index in [0.29, 0.717) is 23.5 Å². The van der Waals surface area contributed by atoms with Crippen molar-refractivity contribution in [2.45, 2.75) is 24.3 Å². The highest BCUT2D eigenvalue weighted by atomic mass is 32.2. The Labute approximate surface area is 188 Å². The number of carbonyl (C=O) groups excluding carboxylic acids is 2. The zero-order valence-electron chi connectivity index (χ0n) is 15.7. The SMILES string of the molecule is N#CCC/C=C/SC1=C(C(=O)O)N2C(=O)C(NC(=O)/C(=N\O)c3csc(N)n3)[C@H]2SC1. The summed E-state index contributed by atoms with van der Waals surface area (Å²) in [6.07, 6.45) is 2.67. The van der Waals surface area contributed by atoms with Crippen molar-refractivity contribution in [2.75, 3.05) is 11.5 Å². The summed E-state index contributed by atoms with van der Waals surface area (Å²) in [7, 11) is 0. The predicted octanol–water partition coefficient (Wildman–Crippen LogP) is 1.15. The fourth-order valence-electron chi connectivity index (χ4n) is 2.85. The van der Waals surface area contributed by atoms with Gasteiger partial charge in [0.05, 0.1) is 6.07 Å². The largest absolute Gasteiger partial charge is 0.477 e. The van der Waals surface area contributed by atoms with Crippen molar-refractivity contribution in [2.24, 2.45) is 5.16 Å². The van der Waals surface area contributed by atoms with Crippen molar-refractivity contribution in [3.8, 4) is 6.07 Å². The smallest absolute Gasteiger partial charge is 0.353 e. The average molecular weight is 481 g/mol. The molecule has 0 saturated carbocycles. The zero-order valence-corrected chi connectivity index (χ0v) is 18.2. The van der Waals surface area contributed by atoms with Crippen molar-refractivity contribution in [3.63, 3.8) is 0 Å². The summed E-state index contributed by atoms with van der Waals surface area (Å²) < 4.78 is 0. The number of rotatable bonds is 8. The van der Waals surface area contributed by atoms with Crippen LogP contribution in [-0.4, -0.2) is 60.9 Å². The van der Waals surface area contributed by atoms with E-state index >= 15 is 0 Å². The van der Waals surface area contributed by atoms with Gasteiger partial charge in [-0.25, -0.2) is 9.78 Å². The molecule has 2 atom stereocenters. The van der Waals surface area contributed by atoms with E-state index in [4.69, 9.17) is 11.0 Å². The van der Waals surface area contributed by atoms with E-state index in [1.807, 2.05) is 6.07 Å². The molecule has 14 heteroatoms. The van der Waals surface area contributed by atoms with Crippen LogP contribution >= 0.6 is 34.9 Å². The molecule has 3 rings (SSSR count). The van der Waals surface area contributed by atoms with Crippen LogP contribution in [0.5, 0.6) is 0 Å². The molecule has 2 aliphatic heterocycles. The molecular weight excluding hydrogens is 464 g/mol. The first-order chi connectivity index (χ1) is 14.9. The number of carboxylic acids is 1. The number of unbranched alkanes of at least 4 members (excludes halogenated alkanes) is 1. The van der Waals surface area contributed by atoms with Gasteiger partial charge in [0.15, 0.2) is 10.8 Å². The number of aromatic nitrogens is 1. The van der Waals surface area contributed by atoms with Crippen LogP contribution in [0.15, 0.2) is 32.6 Å². The molecule has 2 amide bonds.